The normalized spacial score (nSPS) is 27.9. The molecule has 0 radical (unpaired) electrons. The first-order chi connectivity index (χ1) is 3.29. The van der Waals surface area contributed by atoms with E-state index in [0.717, 1.165) is 10.7 Å². The van der Waals surface area contributed by atoms with Crippen molar-refractivity contribution in [3.63, 3.8) is 0 Å². The van der Waals surface area contributed by atoms with Gasteiger partial charge in [-0.25, -0.2) is 4.21 Å². The van der Waals surface area contributed by atoms with Crippen molar-refractivity contribution in [2.45, 2.75) is 0 Å². The summed E-state index contributed by atoms with van der Waals surface area (Å²) in [6, 6.07) is 0. The maximum Gasteiger partial charge on any atom is 0.179 e. The summed E-state index contributed by atoms with van der Waals surface area (Å²) in [5.41, 5.74) is 0. The molecule has 4 heteroatoms. The van der Waals surface area contributed by atoms with Gasteiger partial charge in [0.1, 0.15) is 0 Å². The van der Waals surface area contributed by atoms with Crippen molar-refractivity contribution in [1.29, 1.82) is 0 Å². The van der Waals surface area contributed by atoms with Crippen LogP contribution in [0.5, 0.6) is 0 Å². The second-order valence-electron chi connectivity index (χ2n) is 1.15. The fourth-order valence-electron chi connectivity index (χ4n) is 0.222. The lowest BCUT2D eigenvalue weighted by Gasteiger charge is -1.70. The van der Waals surface area contributed by atoms with Crippen molar-refractivity contribution < 1.29 is 8.76 Å². The molecule has 1 atom stereocenters. The molecular weight excluding hydrogens is 132 g/mol. The molecule has 1 rings (SSSR count). The van der Waals surface area contributed by atoms with Gasteiger partial charge in [0.05, 0.1) is 0 Å². The molecule has 1 heterocycles. The molecule has 1 unspecified atom stereocenters. The van der Waals surface area contributed by atoms with Crippen LogP contribution in [0.15, 0.2) is 10.3 Å². The largest absolute Gasteiger partial charge is 0.303 e. The van der Waals surface area contributed by atoms with Gasteiger partial charge < -0.3 is 4.55 Å². The van der Waals surface area contributed by atoms with Crippen molar-refractivity contribution in [3.05, 3.63) is 10.3 Å². The van der Waals surface area contributed by atoms with Gasteiger partial charge >= 0.3 is 0 Å². The first kappa shape index (κ1) is 5.34. The fraction of sp³-hybridized carbons (Fsp3) is 0.333. The van der Waals surface area contributed by atoms with Crippen LogP contribution in [0.4, 0.5) is 0 Å². The monoisotopic (exact) mass is 136 g/mol. The second-order valence-corrected chi connectivity index (χ2v) is 3.04. The molecule has 0 bridgehead atoms. The Balaban J connectivity index is 2.45. The van der Waals surface area contributed by atoms with Crippen molar-refractivity contribution in [2.24, 2.45) is 0 Å². The molecule has 0 amide bonds. The van der Waals surface area contributed by atoms with Crippen LogP contribution in [0.25, 0.3) is 0 Å². The van der Waals surface area contributed by atoms with Crippen molar-refractivity contribution in [2.75, 3.05) is 5.75 Å². The average molecular weight is 136 g/mol. The third-order valence-corrected chi connectivity index (χ3v) is 1.92. The number of hydrogen-bond donors (Lipinski definition) is 1. The average Bonchev–Trinajstić information content (AvgIpc) is 2.17. The Bertz CT molecular complexity index is 123. The van der Waals surface area contributed by atoms with Crippen LogP contribution in [0.2, 0.25) is 0 Å². The predicted octanol–water partition coefficient (Wildman–Crippen LogP) is 0.796. The minimum atomic E-state index is -1.72. The molecule has 1 saturated heterocycles. The molecule has 7 heavy (non-hydrogen) atoms. The molecule has 1 aliphatic heterocycles. The van der Waals surface area contributed by atoms with E-state index in [1.54, 1.807) is 11.8 Å². The zero-order valence-corrected chi connectivity index (χ0v) is 5.09. The topological polar surface area (TPSA) is 37.3 Å². The van der Waals surface area contributed by atoms with Crippen LogP contribution in [0, 0.1) is 0 Å². The number of rotatable bonds is 1. The Hall–Kier alpha value is 0.200. The lowest BCUT2D eigenvalue weighted by molar-refractivity contribution is 0.574. The summed E-state index contributed by atoms with van der Waals surface area (Å²) in [4.78, 5) is 1.03. The van der Waals surface area contributed by atoms with Gasteiger partial charge in [-0.3, -0.25) is 0 Å². The van der Waals surface area contributed by atoms with Crippen LogP contribution in [0.3, 0.4) is 0 Å². The zero-order chi connectivity index (χ0) is 5.28. The first-order valence-corrected chi connectivity index (χ1v) is 3.88. The number of thioether (sulfide) groups is 1. The third kappa shape index (κ3) is 2.11. The summed E-state index contributed by atoms with van der Waals surface area (Å²) < 4.78 is 18.0. The molecule has 2 nitrogen and oxygen atoms in total. The Morgan fingerprint density at radius 1 is 2.00 bits per heavy atom. The highest BCUT2D eigenvalue weighted by Gasteiger charge is 2.12. The van der Waals surface area contributed by atoms with E-state index in [-0.39, 0.29) is 0 Å². The van der Waals surface area contributed by atoms with E-state index in [1.807, 2.05) is 0 Å². The van der Waals surface area contributed by atoms with Crippen LogP contribution in [-0.2, 0) is 11.1 Å². The van der Waals surface area contributed by atoms with E-state index >= 15 is 0 Å². The van der Waals surface area contributed by atoms with E-state index in [9.17, 15) is 4.21 Å². The quantitative estimate of drug-likeness (QED) is 0.428. The lowest BCUT2D eigenvalue weighted by Crippen LogP contribution is -1.73. The summed E-state index contributed by atoms with van der Waals surface area (Å²) in [5.74, 6) is 0.937. The minimum absolute atomic E-state index is 0.937. The third-order valence-electron chi connectivity index (χ3n) is 0.543. The molecule has 0 aromatic rings. The second kappa shape index (κ2) is 1.98. The molecule has 0 aromatic carbocycles. The van der Waals surface area contributed by atoms with Gasteiger partial charge in [-0.05, 0) is 0 Å². The summed E-state index contributed by atoms with van der Waals surface area (Å²) >= 11 is -0.111. The highest BCUT2D eigenvalue weighted by atomic mass is 32.2. The number of hydrogen-bond acceptors (Lipinski definition) is 2. The van der Waals surface area contributed by atoms with Crippen LogP contribution >= 0.6 is 11.8 Å². The van der Waals surface area contributed by atoms with Crippen molar-refractivity contribution >= 4 is 22.8 Å². The highest BCUT2D eigenvalue weighted by molar-refractivity contribution is 8.11. The van der Waals surface area contributed by atoms with Gasteiger partial charge in [-0.15, -0.1) is 11.8 Å². The fourth-order valence-corrected chi connectivity index (χ4v) is 1.32. The van der Waals surface area contributed by atoms with E-state index < -0.39 is 11.1 Å². The van der Waals surface area contributed by atoms with E-state index in [0.29, 0.717) is 0 Å². The van der Waals surface area contributed by atoms with E-state index in [4.69, 9.17) is 4.55 Å². The molecule has 0 aliphatic carbocycles. The Kier molecular flexibility index (Phi) is 1.51. The van der Waals surface area contributed by atoms with Crippen molar-refractivity contribution in [1.82, 2.24) is 0 Å². The zero-order valence-electron chi connectivity index (χ0n) is 3.46. The summed E-state index contributed by atoms with van der Waals surface area (Å²) in [6.45, 7) is 0. The summed E-state index contributed by atoms with van der Waals surface area (Å²) in [6.07, 6.45) is 0. The van der Waals surface area contributed by atoms with Gasteiger partial charge in [-0.2, -0.15) is 0 Å². The van der Waals surface area contributed by atoms with Crippen molar-refractivity contribution in [3.8, 4) is 0 Å². The van der Waals surface area contributed by atoms with Gasteiger partial charge in [0.25, 0.3) is 0 Å². The summed E-state index contributed by atoms with van der Waals surface area (Å²) in [7, 11) is 0. The lowest BCUT2D eigenvalue weighted by atomic mass is 10.8. The maximum atomic E-state index is 9.87. The van der Waals surface area contributed by atoms with E-state index in [1.165, 1.54) is 5.41 Å². The molecule has 1 N–H and O–H groups in total. The van der Waals surface area contributed by atoms with Crippen LogP contribution in [0.1, 0.15) is 0 Å². The highest BCUT2D eigenvalue weighted by Crippen LogP contribution is 2.34. The molecular formula is C3H4O2S2. The maximum absolute atomic E-state index is 9.87. The minimum Gasteiger partial charge on any atom is -0.303 e. The Labute approximate surface area is 48.3 Å². The smallest absolute Gasteiger partial charge is 0.179 e. The molecule has 1 fully saturated rings. The van der Waals surface area contributed by atoms with Crippen LogP contribution < -0.4 is 0 Å². The molecule has 0 saturated carbocycles. The van der Waals surface area contributed by atoms with E-state index in [2.05, 4.69) is 0 Å². The molecule has 0 aromatic heterocycles. The van der Waals surface area contributed by atoms with Crippen LogP contribution in [-0.4, -0.2) is 14.5 Å². The molecule has 40 valence electrons. The first-order valence-electron chi connectivity index (χ1n) is 1.72. The summed E-state index contributed by atoms with van der Waals surface area (Å²) in [5, 5.41) is 1.35. The van der Waals surface area contributed by atoms with Gasteiger partial charge in [0.15, 0.2) is 11.1 Å². The SMILES string of the molecule is O=S(O)C=C1CS1. The standard InChI is InChI=1S/C3H4O2S2/c4-7(5)2-3-1-6-3/h2H,1H2,(H,4,5). The Morgan fingerprint density at radius 3 is 2.71 bits per heavy atom. The Morgan fingerprint density at radius 2 is 2.57 bits per heavy atom. The van der Waals surface area contributed by atoms with Gasteiger partial charge in [0, 0.05) is 16.1 Å². The predicted molar refractivity (Wildman–Crippen MR) is 31.3 cm³/mol. The molecule has 0 spiro atoms. The molecule has 1 aliphatic rings. The van der Waals surface area contributed by atoms with Gasteiger partial charge in [0.2, 0.25) is 0 Å². The van der Waals surface area contributed by atoms with Gasteiger partial charge in [-0.1, -0.05) is 0 Å².